The van der Waals surface area contributed by atoms with Gasteiger partial charge >= 0.3 is 0 Å². The van der Waals surface area contributed by atoms with Gasteiger partial charge in [0, 0.05) is 152 Å². The third-order valence-corrected chi connectivity index (χ3v) is 29.6. The van der Waals surface area contributed by atoms with Gasteiger partial charge in [-0.05, 0) is 125 Å². The molecule has 702 valence electrons. The number of hydrogen-bond donors (Lipinski definition) is 0. The normalized spacial score (nSPS) is 11.6. The molecule has 21 aromatic carbocycles. The molecule has 0 spiro atoms. The van der Waals surface area contributed by atoms with Crippen molar-refractivity contribution in [2.75, 3.05) is 0 Å². The quantitative estimate of drug-likeness (QED) is 0.0962. The Hall–Kier alpha value is -20.1. The van der Waals surface area contributed by atoms with Gasteiger partial charge in [-0.1, -0.05) is 406 Å². The van der Waals surface area contributed by atoms with E-state index in [-0.39, 0.29) is 0 Å². The standard InChI is InChI=1S/2C45H28N4O.C45H28N4S/c1-3-13-29(14-4-1)43-46-44(30-15-5-2-6-16-30)48-45(47-43)32-17-11-18-33(27-32)49-39-23-9-7-19-35(39)36-26-25-31(28-40(36)49)34-21-12-22-38-37-20-8-10-24-41(37)50-42(34)38;1-3-12-29(13-4-1)43-46-44(30-14-5-2-6-15-30)48-45(47-43)31-22-25-33(26-23-31)49-39-20-9-7-16-35(39)36-27-24-32(28-40(36)49)34-18-11-19-38-37-17-8-10-21-41(37)50-42(34)38;1-3-13-29(14-4-1)43-46-44(30-15-5-2-6-16-30)48-45(47-43)32-17-11-18-33(27-32)49-39-23-9-7-19-35(39)36-26-25-31(28-40(36)49)34-21-12-22-38-37-20-8-10-24-41(37)50-42(34)38/h3*1-28H. The molecule has 0 saturated carbocycles. The summed E-state index contributed by atoms with van der Waals surface area (Å²) in [5.74, 6) is 5.76. The number of furan rings is 2. The van der Waals surface area contributed by atoms with Gasteiger partial charge in [0.1, 0.15) is 22.3 Å². The van der Waals surface area contributed by atoms with E-state index in [2.05, 4.69) is 317 Å². The lowest BCUT2D eigenvalue weighted by molar-refractivity contribution is 0.669. The van der Waals surface area contributed by atoms with Crippen LogP contribution in [0, 0.1) is 0 Å². The van der Waals surface area contributed by atoms with E-state index >= 15 is 0 Å². The molecule has 0 aliphatic heterocycles. The molecule has 30 aromatic rings. The summed E-state index contributed by atoms with van der Waals surface area (Å²) in [4.78, 5) is 44.6. The number of thiophene rings is 1. The van der Waals surface area contributed by atoms with Crippen LogP contribution in [-0.2, 0) is 0 Å². The molecule has 150 heavy (non-hydrogen) atoms. The molecule has 9 heterocycles. The monoisotopic (exact) mass is 1940 g/mol. The Bertz CT molecular complexity index is 9920. The molecule has 14 nitrogen and oxygen atoms in total. The zero-order valence-corrected chi connectivity index (χ0v) is 81.4. The molecule has 0 aliphatic rings. The minimum absolute atomic E-state index is 0.623. The van der Waals surface area contributed by atoms with Crippen molar-refractivity contribution < 1.29 is 8.83 Å². The first-order chi connectivity index (χ1) is 74.3. The van der Waals surface area contributed by atoms with Crippen LogP contribution < -0.4 is 0 Å². The number of rotatable bonds is 15. The van der Waals surface area contributed by atoms with E-state index in [9.17, 15) is 0 Å². The fourth-order valence-corrected chi connectivity index (χ4v) is 22.6. The smallest absolute Gasteiger partial charge is 0.164 e. The van der Waals surface area contributed by atoms with Crippen LogP contribution in [0.5, 0.6) is 0 Å². The van der Waals surface area contributed by atoms with Crippen molar-refractivity contribution in [2.24, 2.45) is 0 Å². The SMILES string of the molecule is c1ccc(-c2nc(-c3ccccc3)nc(-c3ccc(-n4c5ccccc5c5ccc(-c6cccc7c6oc6ccccc67)cc54)cc3)n2)cc1.c1ccc(-c2nc(-c3ccccc3)nc(-c3cccc(-n4c5ccccc5c5ccc(-c6cccc7c6oc6ccccc67)cc54)c3)n2)cc1.c1ccc(-c2nc(-c3ccccc3)nc(-c3cccc(-n4c5ccccc5c5ccc(-c6cccc7c6sc6ccccc67)cc54)c3)n2)cc1. The summed E-state index contributed by atoms with van der Waals surface area (Å²) < 4.78 is 22.6. The minimum Gasteiger partial charge on any atom is -0.455 e. The van der Waals surface area contributed by atoms with Crippen LogP contribution in [0.3, 0.4) is 0 Å². The zero-order valence-electron chi connectivity index (χ0n) is 80.6. The molecule has 0 unspecified atom stereocenters. The van der Waals surface area contributed by atoms with E-state index in [0.29, 0.717) is 52.4 Å². The second-order valence-electron chi connectivity index (χ2n) is 37.4. The Morgan fingerprint density at radius 2 is 0.407 bits per heavy atom. The van der Waals surface area contributed by atoms with Crippen molar-refractivity contribution in [2.45, 2.75) is 0 Å². The molecule has 9 aromatic heterocycles. The van der Waals surface area contributed by atoms with Crippen LogP contribution >= 0.6 is 11.3 Å². The molecular formula is C135H84N12O2S. The van der Waals surface area contributed by atoms with E-state index in [4.69, 9.17) is 53.7 Å². The molecule has 15 heteroatoms. The van der Waals surface area contributed by atoms with Gasteiger partial charge in [0.25, 0.3) is 0 Å². The maximum atomic E-state index is 6.45. The first kappa shape index (κ1) is 87.6. The van der Waals surface area contributed by atoms with E-state index in [0.717, 1.165) is 166 Å². The molecule has 0 aliphatic carbocycles. The fourth-order valence-electron chi connectivity index (χ4n) is 21.3. The lowest BCUT2D eigenvalue weighted by atomic mass is 10.0. The largest absolute Gasteiger partial charge is 0.455 e. The van der Waals surface area contributed by atoms with Crippen molar-refractivity contribution in [3.05, 3.63) is 510 Å². The first-order valence-corrected chi connectivity index (χ1v) is 50.9. The number of aromatic nitrogens is 12. The van der Waals surface area contributed by atoms with Crippen molar-refractivity contribution in [3.8, 4) is 153 Å². The van der Waals surface area contributed by atoms with E-state index in [1.165, 1.54) is 63.6 Å². The van der Waals surface area contributed by atoms with Crippen LogP contribution in [0.15, 0.2) is 518 Å². The molecular weight excluding hydrogens is 1850 g/mol. The summed E-state index contributed by atoms with van der Waals surface area (Å²) in [5, 5.41) is 14.3. The Morgan fingerprint density at radius 3 is 0.773 bits per heavy atom. The van der Waals surface area contributed by atoms with Crippen molar-refractivity contribution in [3.63, 3.8) is 0 Å². The highest BCUT2D eigenvalue weighted by Crippen LogP contribution is 2.47. The van der Waals surface area contributed by atoms with Gasteiger partial charge in [-0.15, -0.1) is 11.3 Å². The Morgan fingerprint density at radius 1 is 0.153 bits per heavy atom. The van der Waals surface area contributed by atoms with E-state index in [1.54, 1.807) is 0 Å². The van der Waals surface area contributed by atoms with Crippen LogP contribution in [0.2, 0.25) is 0 Å². The van der Waals surface area contributed by atoms with Crippen LogP contribution in [0.4, 0.5) is 0 Å². The number of hydrogen-bond acceptors (Lipinski definition) is 12. The summed E-state index contributed by atoms with van der Waals surface area (Å²) in [6, 6.07) is 177. The van der Waals surface area contributed by atoms with Gasteiger partial charge in [0.2, 0.25) is 0 Å². The second kappa shape index (κ2) is 37.2. The third-order valence-electron chi connectivity index (χ3n) is 28.4. The average Bonchev–Trinajstić information content (AvgIpc) is 1.59. The summed E-state index contributed by atoms with van der Waals surface area (Å²) in [7, 11) is 0. The highest BCUT2D eigenvalue weighted by Gasteiger charge is 2.26. The summed E-state index contributed by atoms with van der Waals surface area (Å²) in [6.45, 7) is 0. The molecule has 0 atom stereocenters. The number of para-hydroxylation sites is 7. The average molecular weight is 1940 g/mol. The minimum atomic E-state index is 0.623. The Kier molecular flexibility index (Phi) is 21.8. The van der Waals surface area contributed by atoms with Crippen molar-refractivity contribution >= 4 is 141 Å². The number of benzene rings is 21. The molecule has 0 radical (unpaired) electrons. The predicted molar refractivity (Wildman–Crippen MR) is 615 cm³/mol. The Labute approximate surface area is 864 Å². The third kappa shape index (κ3) is 15.8. The number of nitrogens with zero attached hydrogens (tertiary/aromatic N) is 12. The molecule has 30 rings (SSSR count). The van der Waals surface area contributed by atoms with Gasteiger partial charge < -0.3 is 22.5 Å². The Balaban J connectivity index is 0.000000108. The second-order valence-corrected chi connectivity index (χ2v) is 38.4. The summed E-state index contributed by atoms with van der Waals surface area (Å²) in [6.07, 6.45) is 0. The van der Waals surface area contributed by atoms with E-state index in [1.807, 2.05) is 218 Å². The van der Waals surface area contributed by atoms with Crippen LogP contribution in [0.1, 0.15) is 0 Å². The van der Waals surface area contributed by atoms with Crippen molar-refractivity contribution in [1.29, 1.82) is 0 Å². The van der Waals surface area contributed by atoms with Crippen LogP contribution in [0.25, 0.3) is 282 Å². The summed E-state index contributed by atoms with van der Waals surface area (Å²) >= 11 is 1.87. The van der Waals surface area contributed by atoms with Gasteiger partial charge in [0.05, 0.1) is 33.1 Å². The lowest BCUT2D eigenvalue weighted by Crippen LogP contribution is -2.01. The molecule has 0 bridgehead atoms. The molecule has 0 amide bonds. The first-order valence-electron chi connectivity index (χ1n) is 50.1. The molecule has 0 saturated heterocycles. The van der Waals surface area contributed by atoms with Gasteiger partial charge in [-0.25, -0.2) is 44.9 Å². The van der Waals surface area contributed by atoms with E-state index < -0.39 is 0 Å². The fraction of sp³-hybridized carbons (Fsp3) is 0. The maximum absolute atomic E-state index is 6.45. The maximum Gasteiger partial charge on any atom is 0.164 e. The zero-order chi connectivity index (χ0) is 99.1. The highest BCUT2D eigenvalue weighted by atomic mass is 32.1. The lowest BCUT2D eigenvalue weighted by Gasteiger charge is -2.12. The van der Waals surface area contributed by atoms with Gasteiger partial charge in [-0.2, -0.15) is 0 Å². The summed E-state index contributed by atoms with van der Waals surface area (Å²) in [5.41, 5.74) is 28.8. The van der Waals surface area contributed by atoms with Gasteiger partial charge in [-0.3, -0.25) is 0 Å². The topological polar surface area (TPSA) is 157 Å². The number of fused-ring (bicyclic) bond motifs is 18. The molecule has 0 fully saturated rings. The molecule has 0 N–H and O–H groups in total. The predicted octanol–water partition coefficient (Wildman–Crippen LogP) is 35.1. The van der Waals surface area contributed by atoms with Crippen molar-refractivity contribution in [1.82, 2.24) is 58.6 Å². The highest BCUT2D eigenvalue weighted by molar-refractivity contribution is 7.26. The van der Waals surface area contributed by atoms with Crippen LogP contribution in [-0.4, -0.2) is 58.6 Å². The van der Waals surface area contributed by atoms with Gasteiger partial charge in [0.15, 0.2) is 52.4 Å².